The van der Waals surface area contributed by atoms with Gasteiger partial charge in [0.15, 0.2) is 0 Å². The summed E-state index contributed by atoms with van der Waals surface area (Å²) in [4.78, 5) is 0. The van der Waals surface area contributed by atoms with Crippen LogP contribution < -0.4 is 10.5 Å². The molecule has 0 aliphatic rings. The zero-order chi connectivity index (χ0) is 15.5. The summed E-state index contributed by atoms with van der Waals surface area (Å²) >= 11 is 0. The van der Waals surface area contributed by atoms with Crippen molar-refractivity contribution in [1.29, 1.82) is 0 Å². The normalized spacial score (nSPS) is 14.0. The summed E-state index contributed by atoms with van der Waals surface area (Å²) in [6.45, 7) is 5.85. The molecule has 1 atom stereocenters. The molecule has 2 N–H and O–H groups in total. The van der Waals surface area contributed by atoms with Gasteiger partial charge < -0.3 is 10.5 Å². The van der Waals surface area contributed by atoms with Crippen LogP contribution in [-0.4, -0.2) is 6.10 Å². The SMILES string of the molecule is CC(C)Oc1ccccc1C(C)(N)Cc1ccccc1F. The van der Waals surface area contributed by atoms with Gasteiger partial charge in [0.2, 0.25) is 0 Å². The van der Waals surface area contributed by atoms with E-state index in [9.17, 15) is 4.39 Å². The van der Waals surface area contributed by atoms with E-state index in [0.717, 1.165) is 11.3 Å². The predicted molar refractivity (Wildman–Crippen MR) is 83.8 cm³/mol. The molecule has 2 rings (SSSR count). The van der Waals surface area contributed by atoms with E-state index in [2.05, 4.69) is 0 Å². The summed E-state index contributed by atoms with van der Waals surface area (Å²) in [6.07, 6.45) is 0.480. The summed E-state index contributed by atoms with van der Waals surface area (Å²) in [5, 5.41) is 0. The van der Waals surface area contributed by atoms with Gasteiger partial charge in [0.1, 0.15) is 11.6 Å². The molecular weight excluding hydrogens is 265 g/mol. The molecule has 0 amide bonds. The molecule has 3 heteroatoms. The van der Waals surface area contributed by atoms with Gasteiger partial charge in [0.05, 0.1) is 6.10 Å². The fourth-order valence-electron chi connectivity index (χ4n) is 2.43. The zero-order valence-corrected chi connectivity index (χ0v) is 12.8. The van der Waals surface area contributed by atoms with Crippen LogP contribution in [0.4, 0.5) is 4.39 Å². The Bertz CT molecular complexity index is 608. The van der Waals surface area contributed by atoms with Crippen molar-refractivity contribution in [2.24, 2.45) is 5.73 Å². The van der Waals surface area contributed by atoms with Crippen LogP contribution in [0.15, 0.2) is 48.5 Å². The van der Waals surface area contributed by atoms with Gasteiger partial charge in [-0.1, -0.05) is 36.4 Å². The molecule has 21 heavy (non-hydrogen) atoms. The summed E-state index contributed by atoms with van der Waals surface area (Å²) < 4.78 is 19.7. The minimum absolute atomic E-state index is 0.0652. The van der Waals surface area contributed by atoms with Crippen molar-refractivity contribution in [3.63, 3.8) is 0 Å². The number of benzene rings is 2. The molecule has 2 nitrogen and oxygen atoms in total. The molecule has 0 fully saturated rings. The average molecular weight is 287 g/mol. The summed E-state index contributed by atoms with van der Waals surface area (Å²) in [5.41, 5.74) is 7.27. The Morgan fingerprint density at radius 2 is 1.71 bits per heavy atom. The standard InChI is InChI=1S/C18H22FNO/c1-13(2)21-17-11-7-5-9-15(17)18(3,20)12-14-8-4-6-10-16(14)19/h4-11,13H,12,20H2,1-3H3. The van der Waals surface area contributed by atoms with Crippen LogP contribution in [0.1, 0.15) is 31.9 Å². The van der Waals surface area contributed by atoms with E-state index >= 15 is 0 Å². The number of para-hydroxylation sites is 1. The van der Waals surface area contributed by atoms with Gasteiger partial charge in [-0.3, -0.25) is 0 Å². The third-order valence-corrected chi connectivity index (χ3v) is 3.38. The molecule has 0 radical (unpaired) electrons. The summed E-state index contributed by atoms with van der Waals surface area (Å²) in [7, 11) is 0. The highest BCUT2D eigenvalue weighted by molar-refractivity contribution is 5.40. The van der Waals surface area contributed by atoms with Crippen molar-refractivity contribution in [3.05, 3.63) is 65.5 Å². The first-order valence-corrected chi connectivity index (χ1v) is 7.18. The number of halogens is 1. The second-order valence-corrected chi connectivity index (χ2v) is 5.85. The van der Waals surface area contributed by atoms with Gasteiger partial charge in [0, 0.05) is 11.1 Å². The van der Waals surface area contributed by atoms with Crippen molar-refractivity contribution in [2.75, 3.05) is 0 Å². The fraction of sp³-hybridized carbons (Fsp3) is 0.333. The van der Waals surface area contributed by atoms with Crippen molar-refractivity contribution in [2.45, 2.75) is 38.8 Å². The number of rotatable bonds is 5. The Hall–Kier alpha value is -1.87. The second kappa shape index (κ2) is 6.27. The van der Waals surface area contributed by atoms with Gasteiger partial charge in [-0.25, -0.2) is 4.39 Å². The molecule has 2 aromatic rings. The lowest BCUT2D eigenvalue weighted by atomic mass is 9.86. The Kier molecular flexibility index (Phi) is 4.63. The first-order chi connectivity index (χ1) is 9.90. The number of ether oxygens (including phenoxy) is 1. The van der Waals surface area contributed by atoms with Gasteiger partial charge in [-0.15, -0.1) is 0 Å². The molecule has 0 aliphatic carbocycles. The molecule has 0 heterocycles. The number of hydrogen-bond acceptors (Lipinski definition) is 2. The van der Waals surface area contributed by atoms with Gasteiger partial charge in [-0.2, -0.15) is 0 Å². The van der Waals surface area contributed by atoms with Crippen molar-refractivity contribution in [3.8, 4) is 5.75 Å². The molecule has 0 bridgehead atoms. The smallest absolute Gasteiger partial charge is 0.126 e. The number of nitrogens with two attached hydrogens (primary N) is 1. The third-order valence-electron chi connectivity index (χ3n) is 3.38. The largest absolute Gasteiger partial charge is 0.491 e. The van der Waals surface area contributed by atoms with Crippen LogP contribution >= 0.6 is 0 Å². The van der Waals surface area contributed by atoms with E-state index in [4.69, 9.17) is 10.5 Å². The molecule has 0 saturated carbocycles. The quantitative estimate of drug-likeness (QED) is 0.901. The van der Waals surface area contributed by atoms with Gasteiger partial charge >= 0.3 is 0 Å². The van der Waals surface area contributed by atoms with E-state index in [1.165, 1.54) is 6.07 Å². The maximum Gasteiger partial charge on any atom is 0.126 e. The average Bonchev–Trinajstić information content (AvgIpc) is 2.41. The topological polar surface area (TPSA) is 35.2 Å². The minimum Gasteiger partial charge on any atom is -0.491 e. The van der Waals surface area contributed by atoms with Gasteiger partial charge in [0.25, 0.3) is 0 Å². The monoisotopic (exact) mass is 287 g/mol. The Morgan fingerprint density at radius 1 is 1.10 bits per heavy atom. The molecule has 0 saturated heterocycles. The first kappa shape index (κ1) is 15.5. The van der Waals surface area contributed by atoms with Crippen LogP contribution in [0.5, 0.6) is 5.75 Å². The van der Waals surface area contributed by atoms with E-state index in [1.807, 2.05) is 51.1 Å². The minimum atomic E-state index is -0.701. The van der Waals surface area contributed by atoms with Crippen LogP contribution in [0, 0.1) is 5.82 Å². The third kappa shape index (κ3) is 3.82. The highest BCUT2D eigenvalue weighted by Crippen LogP contribution is 2.31. The van der Waals surface area contributed by atoms with E-state index < -0.39 is 5.54 Å². The fourth-order valence-corrected chi connectivity index (χ4v) is 2.43. The molecule has 0 aromatic heterocycles. The maximum absolute atomic E-state index is 13.9. The Balaban J connectivity index is 2.33. The highest BCUT2D eigenvalue weighted by Gasteiger charge is 2.26. The maximum atomic E-state index is 13.9. The van der Waals surface area contributed by atoms with Crippen molar-refractivity contribution in [1.82, 2.24) is 0 Å². The van der Waals surface area contributed by atoms with E-state index in [1.54, 1.807) is 12.1 Å². The van der Waals surface area contributed by atoms with Crippen LogP contribution in [0.3, 0.4) is 0 Å². The second-order valence-electron chi connectivity index (χ2n) is 5.85. The Morgan fingerprint density at radius 3 is 2.38 bits per heavy atom. The molecule has 112 valence electrons. The van der Waals surface area contributed by atoms with E-state index in [-0.39, 0.29) is 11.9 Å². The predicted octanol–water partition coefficient (Wildman–Crippen LogP) is 4.03. The number of hydrogen-bond donors (Lipinski definition) is 1. The van der Waals surface area contributed by atoms with Crippen LogP contribution in [-0.2, 0) is 12.0 Å². The lowest BCUT2D eigenvalue weighted by Gasteiger charge is -2.28. The molecule has 2 aromatic carbocycles. The highest BCUT2D eigenvalue weighted by atomic mass is 19.1. The lowest BCUT2D eigenvalue weighted by molar-refractivity contribution is 0.235. The van der Waals surface area contributed by atoms with Crippen LogP contribution in [0.2, 0.25) is 0 Å². The van der Waals surface area contributed by atoms with E-state index in [0.29, 0.717) is 12.0 Å². The first-order valence-electron chi connectivity index (χ1n) is 7.18. The van der Waals surface area contributed by atoms with Crippen LogP contribution in [0.25, 0.3) is 0 Å². The summed E-state index contributed by atoms with van der Waals surface area (Å²) in [5.74, 6) is 0.533. The van der Waals surface area contributed by atoms with Gasteiger partial charge in [-0.05, 0) is 44.9 Å². The summed E-state index contributed by atoms with van der Waals surface area (Å²) in [6, 6.07) is 14.4. The zero-order valence-electron chi connectivity index (χ0n) is 12.8. The van der Waals surface area contributed by atoms with Crippen molar-refractivity contribution < 1.29 is 9.13 Å². The molecule has 0 spiro atoms. The molecular formula is C18H22FNO. The molecule has 0 aliphatic heterocycles. The molecule has 1 unspecified atom stereocenters. The van der Waals surface area contributed by atoms with Crippen molar-refractivity contribution >= 4 is 0 Å². The Labute approximate surface area is 125 Å². The lowest BCUT2D eigenvalue weighted by Crippen LogP contribution is -2.36.